The van der Waals surface area contributed by atoms with Gasteiger partial charge in [-0.1, -0.05) is 31.4 Å². The Morgan fingerprint density at radius 2 is 1.79 bits per heavy atom. The summed E-state index contributed by atoms with van der Waals surface area (Å²) >= 11 is 7.70. The maximum Gasteiger partial charge on any atom is 0.390 e. The predicted octanol–water partition coefficient (Wildman–Crippen LogP) is 0.912. The standard InChI is InChI=1S/C18H26N10O10P2S2/c1-3-8(27-5-23-9-11(19)21-4-22-12(9)27)34-18(36-39(32)41)38-40(33,42)37-7(2)15(35-17(30)31)28-6-24-10-13(28)25-16(20)26-14(10)29/h4-8,15,17-18,30-31,39H,3H2,1-2H3,(H,32,41)(H,33,42)(H2,19,21,22)(H3,20,25,26,29)/t7?,8-,15-,18?,40?/m1/s1. The second-order valence-electron chi connectivity index (χ2n) is 8.27. The van der Waals surface area contributed by atoms with Crippen molar-refractivity contribution in [2.24, 2.45) is 0 Å². The number of rotatable bonds is 14. The van der Waals surface area contributed by atoms with E-state index in [0.29, 0.717) is 11.2 Å². The van der Waals surface area contributed by atoms with E-state index >= 15 is 0 Å². The van der Waals surface area contributed by atoms with Gasteiger partial charge in [0.2, 0.25) is 13.2 Å². The lowest BCUT2D eigenvalue weighted by molar-refractivity contribution is -0.284. The molecule has 230 valence electrons. The molecular formula is C18H26N10O10P2S2. The summed E-state index contributed by atoms with van der Waals surface area (Å²) in [4.78, 5) is 34.5. The molecule has 0 aliphatic rings. The van der Waals surface area contributed by atoms with Crippen molar-refractivity contribution in [2.45, 2.75) is 51.8 Å². The maximum absolute atomic E-state index is 13.4. The Kier molecular flexibility index (Phi) is 10.3. The van der Waals surface area contributed by atoms with E-state index in [1.165, 1.54) is 24.1 Å². The van der Waals surface area contributed by atoms with E-state index in [-0.39, 0.29) is 29.4 Å². The minimum absolute atomic E-state index is 0.117. The number of fused-ring (bicyclic) bond motifs is 2. The number of aliphatic hydroxyl groups excluding tert-OH is 1. The SMILES string of the molecule is CC[C@@H](OC(O[PH](=O)S)OP(=O)(S)OC(C)[C@@H](OC(O)O)n1cnc2c(=O)[nH]c(N)nc21)n1cnc2c(N)ncnc21. The molecule has 0 radical (unpaired) electrons. The number of H-pyrrole nitrogens is 1. The highest BCUT2D eigenvalue weighted by atomic mass is 32.7. The van der Waals surface area contributed by atoms with Crippen LogP contribution < -0.4 is 17.0 Å². The Bertz CT molecular complexity index is 1690. The molecule has 4 aromatic rings. The summed E-state index contributed by atoms with van der Waals surface area (Å²) in [6.45, 7) is -5.76. The van der Waals surface area contributed by atoms with E-state index in [1.807, 2.05) is 0 Å². The van der Waals surface area contributed by atoms with Crippen LogP contribution in [0.1, 0.15) is 32.7 Å². The lowest BCUT2D eigenvalue weighted by Crippen LogP contribution is -2.31. The molecule has 0 aliphatic carbocycles. The highest BCUT2D eigenvalue weighted by Gasteiger charge is 2.36. The summed E-state index contributed by atoms with van der Waals surface area (Å²) in [5.41, 5.74) is 11.1. The molecule has 0 fully saturated rings. The molecule has 4 heterocycles. The van der Waals surface area contributed by atoms with Gasteiger partial charge in [0.1, 0.15) is 24.2 Å². The fourth-order valence-electron chi connectivity index (χ4n) is 3.78. The Labute approximate surface area is 246 Å². The van der Waals surface area contributed by atoms with E-state index in [0.717, 1.165) is 10.9 Å². The second kappa shape index (κ2) is 13.3. The summed E-state index contributed by atoms with van der Waals surface area (Å²) in [5, 5.41) is 19.0. The molecule has 0 saturated heterocycles. The predicted molar refractivity (Wildman–Crippen MR) is 152 cm³/mol. The van der Waals surface area contributed by atoms with Gasteiger partial charge < -0.3 is 31.2 Å². The number of aromatic nitrogens is 8. The van der Waals surface area contributed by atoms with Crippen molar-refractivity contribution in [3.8, 4) is 0 Å². The van der Waals surface area contributed by atoms with Gasteiger partial charge in [0.15, 0.2) is 28.9 Å². The highest BCUT2D eigenvalue weighted by molar-refractivity contribution is 8.44. The molecular weight excluding hydrogens is 642 g/mol. The fourth-order valence-corrected chi connectivity index (χ4v) is 5.95. The summed E-state index contributed by atoms with van der Waals surface area (Å²) in [7, 11) is -3.04. The lowest BCUT2D eigenvalue weighted by atomic mass is 10.3. The van der Waals surface area contributed by atoms with Gasteiger partial charge >= 0.3 is 6.80 Å². The molecule has 42 heavy (non-hydrogen) atoms. The van der Waals surface area contributed by atoms with Crippen molar-refractivity contribution < 1.29 is 42.4 Å². The normalized spacial score (nSPS) is 17.3. The Hall–Kier alpha value is -2.62. The molecule has 0 bridgehead atoms. The summed E-state index contributed by atoms with van der Waals surface area (Å²) < 4.78 is 54.5. The van der Waals surface area contributed by atoms with Crippen LogP contribution in [0.3, 0.4) is 0 Å². The third-order valence-electron chi connectivity index (χ3n) is 5.42. The lowest BCUT2D eigenvalue weighted by Gasteiger charge is -2.30. The Morgan fingerprint density at radius 3 is 2.45 bits per heavy atom. The molecule has 0 aliphatic heterocycles. The minimum atomic E-state index is -4.51. The third kappa shape index (κ3) is 7.47. The molecule has 4 aromatic heterocycles. The molecule has 20 nitrogen and oxygen atoms in total. The van der Waals surface area contributed by atoms with E-state index in [9.17, 15) is 24.1 Å². The molecule has 7 N–H and O–H groups in total. The molecule has 0 aromatic carbocycles. The molecule has 0 spiro atoms. The van der Waals surface area contributed by atoms with Crippen LogP contribution in [0.15, 0.2) is 23.8 Å². The number of nitrogen functional groups attached to an aromatic ring is 2. The largest absolute Gasteiger partial charge is 0.390 e. The topological polar surface area (TPSA) is 280 Å². The molecule has 0 saturated carbocycles. The average Bonchev–Trinajstić information content (AvgIpc) is 3.50. The summed E-state index contributed by atoms with van der Waals surface area (Å²) in [6.07, 6.45) is 0.110. The van der Waals surface area contributed by atoms with Gasteiger partial charge in [0, 0.05) is 0 Å². The van der Waals surface area contributed by atoms with Gasteiger partial charge in [-0.25, -0.2) is 29.0 Å². The first-order valence-electron chi connectivity index (χ1n) is 11.7. The average molecular weight is 669 g/mol. The van der Waals surface area contributed by atoms with Crippen molar-refractivity contribution in [2.75, 3.05) is 11.5 Å². The monoisotopic (exact) mass is 668 g/mol. The Balaban J connectivity index is 1.57. The number of thiol groups is 2. The Morgan fingerprint density at radius 1 is 1.10 bits per heavy atom. The van der Waals surface area contributed by atoms with Crippen molar-refractivity contribution in [3.63, 3.8) is 0 Å². The van der Waals surface area contributed by atoms with E-state index in [2.05, 4.69) is 54.4 Å². The molecule has 24 heteroatoms. The van der Waals surface area contributed by atoms with Crippen LogP contribution >= 0.6 is 38.5 Å². The molecule has 0 amide bonds. The zero-order chi connectivity index (χ0) is 30.8. The van der Waals surface area contributed by atoms with Gasteiger partial charge in [-0.05, 0) is 13.3 Å². The summed E-state index contributed by atoms with van der Waals surface area (Å²) in [6, 6.07) is 0. The number of hydrogen-bond acceptors (Lipinski definition) is 17. The van der Waals surface area contributed by atoms with Gasteiger partial charge in [-0.2, -0.15) is 4.98 Å². The molecule has 4 rings (SSSR count). The van der Waals surface area contributed by atoms with Crippen molar-refractivity contribution in [1.29, 1.82) is 0 Å². The number of aliphatic hydroxyl groups is 2. The molecule has 6 atom stereocenters. The van der Waals surface area contributed by atoms with Crippen LogP contribution in [-0.4, -0.2) is 68.3 Å². The number of anilines is 2. The number of nitrogens with one attached hydrogen (secondary N) is 1. The first kappa shape index (κ1) is 32.3. The van der Waals surface area contributed by atoms with E-state index < -0.39 is 51.1 Å². The number of nitrogens with zero attached hydrogens (tertiary/aromatic N) is 7. The van der Waals surface area contributed by atoms with Crippen LogP contribution in [0.2, 0.25) is 0 Å². The number of hydrogen-bond donors (Lipinski definition) is 7. The number of aromatic amines is 1. The van der Waals surface area contributed by atoms with Crippen LogP contribution in [0, 0.1) is 0 Å². The van der Waals surface area contributed by atoms with Crippen LogP contribution in [-0.2, 0) is 32.2 Å². The zero-order valence-corrected chi connectivity index (χ0v) is 25.3. The zero-order valence-electron chi connectivity index (χ0n) is 21.6. The third-order valence-corrected chi connectivity index (χ3v) is 7.73. The smallest absolute Gasteiger partial charge is 0.382 e. The first-order chi connectivity index (χ1) is 19.8. The number of imidazole rings is 2. The van der Waals surface area contributed by atoms with Crippen molar-refractivity contribution >= 4 is 72.6 Å². The van der Waals surface area contributed by atoms with E-state index in [1.54, 1.807) is 6.92 Å². The number of nitrogens with two attached hydrogens (primary N) is 2. The van der Waals surface area contributed by atoms with Gasteiger partial charge in [0.25, 0.3) is 18.5 Å². The van der Waals surface area contributed by atoms with Crippen LogP contribution in [0.5, 0.6) is 0 Å². The minimum Gasteiger partial charge on any atom is -0.382 e. The van der Waals surface area contributed by atoms with Gasteiger partial charge in [-0.15, -0.1) is 0 Å². The van der Waals surface area contributed by atoms with Crippen LogP contribution in [0.25, 0.3) is 22.3 Å². The first-order valence-corrected chi connectivity index (χ1v) is 17.0. The highest BCUT2D eigenvalue weighted by Crippen LogP contribution is 2.57. The fraction of sp³-hybridized carbons (Fsp3) is 0.444. The second-order valence-corrected chi connectivity index (χ2v) is 13.0. The van der Waals surface area contributed by atoms with Gasteiger partial charge in [-0.3, -0.25) is 32.5 Å². The van der Waals surface area contributed by atoms with Crippen molar-refractivity contribution in [1.82, 2.24) is 39.0 Å². The quantitative estimate of drug-likeness (QED) is 0.0558. The molecule has 4 unspecified atom stereocenters. The van der Waals surface area contributed by atoms with E-state index in [4.69, 9.17) is 34.5 Å². The maximum atomic E-state index is 13.4. The number of ether oxygens (including phenoxy) is 2. The van der Waals surface area contributed by atoms with Crippen molar-refractivity contribution in [3.05, 3.63) is 29.3 Å². The van der Waals surface area contributed by atoms with Gasteiger partial charge in [0.05, 0.1) is 12.7 Å². The summed E-state index contributed by atoms with van der Waals surface area (Å²) in [5.74, 6) is -0.142. The van der Waals surface area contributed by atoms with Crippen LogP contribution in [0.4, 0.5) is 11.8 Å².